The van der Waals surface area contributed by atoms with E-state index in [1.54, 1.807) is 11.8 Å². The van der Waals surface area contributed by atoms with Crippen molar-refractivity contribution in [3.8, 4) is 0 Å². The van der Waals surface area contributed by atoms with Crippen LogP contribution >= 0.6 is 23.5 Å². The fourth-order valence-electron chi connectivity index (χ4n) is 2.60. The Morgan fingerprint density at radius 1 is 0.667 bits per heavy atom. The Hall–Kier alpha value is -2.10. The zero-order chi connectivity index (χ0) is 16.4. The maximum atomic E-state index is 3.59. The Balaban J connectivity index is 1.76. The van der Waals surface area contributed by atoms with Crippen molar-refractivity contribution in [2.24, 2.45) is 0 Å². The molecule has 0 saturated carbocycles. The summed E-state index contributed by atoms with van der Waals surface area (Å²) in [6.07, 6.45) is 0. The minimum absolute atomic E-state index is 1.19. The van der Waals surface area contributed by atoms with Gasteiger partial charge in [0.1, 0.15) is 0 Å². The smallest absolute Gasteiger partial charge is 0.0923 e. The van der Waals surface area contributed by atoms with E-state index in [1.165, 1.54) is 36.2 Å². The molecule has 0 aliphatic carbocycles. The van der Waals surface area contributed by atoms with Crippen molar-refractivity contribution in [2.75, 3.05) is 0 Å². The van der Waals surface area contributed by atoms with Gasteiger partial charge >= 0.3 is 0 Å². The molecular formula is C21H17NS2. The lowest BCUT2D eigenvalue weighted by molar-refractivity contribution is 1.14. The van der Waals surface area contributed by atoms with Crippen LogP contribution in [-0.2, 0) is 0 Å². The lowest BCUT2D eigenvalue weighted by atomic mass is 10.2. The van der Waals surface area contributed by atoms with Gasteiger partial charge in [-0.25, -0.2) is 0 Å². The van der Waals surface area contributed by atoms with Gasteiger partial charge in [-0.05, 0) is 37.3 Å². The molecule has 0 aliphatic heterocycles. The first-order valence-corrected chi connectivity index (χ1v) is 9.51. The Kier molecular flexibility index (Phi) is 4.37. The monoisotopic (exact) mass is 347 g/mol. The molecule has 0 amide bonds. The second kappa shape index (κ2) is 6.80. The first kappa shape index (κ1) is 15.4. The van der Waals surface area contributed by atoms with Crippen LogP contribution in [0.4, 0.5) is 0 Å². The van der Waals surface area contributed by atoms with Gasteiger partial charge < -0.3 is 4.98 Å². The molecule has 0 aliphatic rings. The topological polar surface area (TPSA) is 15.8 Å². The molecule has 118 valence electrons. The maximum Gasteiger partial charge on any atom is 0.0923 e. The maximum absolute atomic E-state index is 3.59. The molecule has 0 spiro atoms. The molecule has 0 fully saturated rings. The normalized spacial score (nSPS) is 11.0. The Morgan fingerprint density at radius 3 is 2.12 bits per heavy atom. The van der Waals surface area contributed by atoms with Crippen molar-refractivity contribution in [3.05, 3.63) is 84.4 Å². The minimum Gasteiger partial charge on any atom is -0.348 e. The van der Waals surface area contributed by atoms with Crippen LogP contribution in [0.2, 0.25) is 0 Å². The number of aromatic nitrogens is 1. The molecule has 0 atom stereocenters. The van der Waals surface area contributed by atoms with Gasteiger partial charge in [0.2, 0.25) is 0 Å². The molecule has 1 nitrogen and oxygen atoms in total. The quantitative estimate of drug-likeness (QED) is 0.438. The van der Waals surface area contributed by atoms with E-state index in [2.05, 4.69) is 90.8 Å². The fraction of sp³-hybridized carbons (Fsp3) is 0.0476. The molecule has 0 radical (unpaired) electrons. The summed E-state index contributed by atoms with van der Waals surface area (Å²) in [5, 5.41) is 2.48. The highest BCUT2D eigenvalue weighted by atomic mass is 32.2. The lowest BCUT2D eigenvalue weighted by Crippen LogP contribution is -1.78. The largest absolute Gasteiger partial charge is 0.348 e. The van der Waals surface area contributed by atoms with Gasteiger partial charge in [0, 0.05) is 20.7 Å². The zero-order valence-corrected chi connectivity index (χ0v) is 15.0. The van der Waals surface area contributed by atoms with Crippen molar-refractivity contribution >= 4 is 34.4 Å². The molecule has 1 N–H and O–H groups in total. The van der Waals surface area contributed by atoms with Crippen LogP contribution in [0.3, 0.4) is 0 Å². The average Bonchev–Trinajstić information content (AvgIpc) is 2.95. The van der Waals surface area contributed by atoms with Gasteiger partial charge in [0.25, 0.3) is 0 Å². The fourth-order valence-corrected chi connectivity index (χ4v) is 4.68. The number of hydrogen-bond acceptors (Lipinski definition) is 2. The third-order valence-electron chi connectivity index (χ3n) is 3.83. The van der Waals surface area contributed by atoms with Crippen molar-refractivity contribution in [2.45, 2.75) is 26.6 Å². The molecule has 24 heavy (non-hydrogen) atoms. The van der Waals surface area contributed by atoms with E-state index in [0.29, 0.717) is 0 Å². The van der Waals surface area contributed by atoms with Gasteiger partial charge in [-0.3, -0.25) is 0 Å². The van der Waals surface area contributed by atoms with E-state index in [0.717, 1.165) is 0 Å². The number of hydrogen-bond donors (Lipinski definition) is 1. The number of H-pyrrole nitrogens is 1. The summed E-state index contributed by atoms with van der Waals surface area (Å²) in [4.78, 5) is 7.39. The van der Waals surface area contributed by atoms with Crippen molar-refractivity contribution in [3.63, 3.8) is 0 Å². The number of benzene rings is 3. The van der Waals surface area contributed by atoms with E-state index >= 15 is 0 Å². The van der Waals surface area contributed by atoms with E-state index < -0.39 is 0 Å². The lowest BCUT2D eigenvalue weighted by Gasteiger charge is -2.05. The summed E-state index contributed by atoms with van der Waals surface area (Å²) in [5.74, 6) is 0. The summed E-state index contributed by atoms with van der Waals surface area (Å²) in [6.45, 7) is 2.12. The summed E-state index contributed by atoms with van der Waals surface area (Å²) < 4.78 is 0. The standard InChI is InChI=1S/C21H17NS2/c1-15-11-13-17(14-12-15)23-20-18-9-5-6-10-19(18)22-21(20)24-16-7-3-2-4-8-16/h2-14,22H,1H3. The number of aryl methyl sites for hydroxylation is 1. The zero-order valence-electron chi connectivity index (χ0n) is 13.3. The number of aromatic amines is 1. The van der Waals surface area contributed by atoms with Gasteiger partial charge in [-0.2, -0.15) is 0 Å². The van der Waals surface area contributed by atoms with Crippen LogP contribution < -0.4 is 0 Å². The van der Waals surface area contributed by atoms with E-state index in [1.807, 2.05) is 11.8 Å². The second-order valence-corrected chi connectivity index (χ2v) is 7.83. The molecule has 0 saturated heterocycles. The molecule has 4 aromatic rings. The van der Waals surface area contributed by atoms with E-state index in [-0.39, 0.29) is 0 Å². The highest BCUT2D eigenvalue weighted by molar-refractivity contribution is 8.02. The molecule has 1 heterocycles. The summed E-state index contributed by atoms with van der Waals surface area (Å²) >= 11 is 3.61. The number of nitrogens with one attached hydrogen (secondary N) is 1. The highest BCUT2D eigenvalue weighted by Gasteiger charge is 2.14. The first-order chi connectivity index (χ1) is 11.8. The van der Waals surface area contributed by atoms with Crippen molar-refractivity contribution in [1.29, 1.82) is 0 Å². The Bertz CT molecular complexity index is 956. The summed E-state index contributed by atoms with van der Waals surface area (Å²) in [7, 11) is 0. The molecule has 0 bridgehead atoms. The second-order valence-electron chi connectivity index (χ2n) is 5.66. The SMILES string of the molecule is Cc1ccc(Sc2c(Sc3ccccc3)[nH]c3ccccc23)cc1. The van der Waals surface area contributed by atoms with E-state index in [4.69, 9.17) is 0 Å². The van der Waals surface area contributed by atoms with Gasteiger partial charge in [0.15, 0.2) is 0 Å². The van der Waals surface area contributed by atoms with Crippen LogP contribution in [0, 0.1) is 6.92 Å². The molecule has 3 aromatic carbocycles. The molecular weight excluding hydrogens is 330 g/mol. The molecule has 3 heteroatoms. The summed E-state index contributed by atoms with van der Waals surface area (Å²) in [6, 6.07) is 27.8. The van der Waals surface area contributed by atoms with E-state index in [9.17, 15) is 0 Å². The van der Waals surface area contributed by atoms with Crippen LogP contribution in [0.15, 0.2) is 98.6 Å². The number of para-hydroxylation sites is 1. The van der Waals surface area contributed by atoms with Crippen molar-refractivity contribution < 1.29 is 0 Å². The molecule has 4 rings (SSSR count). The van der Waals surface area contributed by atoms with Gasteiger partial charge in [0.05, 0.1) is 9.92 Å². The van der Waals surface area contributed by atoms with Crippen LogP contribution in [-0.4, -0.2) is 4.98 Å². The van der Waals surface area contributed by atoms with Crippen LogP contribution in [0.25, 0.3) is 10.9 Å². The predicted octanol–water partition coefficient (Wildman–Crippen LogP) is 6.78. The minimum atomic E-state index is 1.19. The van der Waals surface area contributed by atoms with Gasteiger partial charge in [-0.1, -0.05) is 77.6 Å². The Morgan fingerprint density at radius 2 is 1.33 bits per heavy atom. The number of fused-ring (bicyclic) bond motifs is 1. The molecule has 0 unspecified atom stereocenters. The third-order valence-corrected chi connectivity index (χ3v) is 6.11. The molecule has 1 aromatic heterocycles. The highest BCUT2D eigenvalue weighted by Crippen LogP contribution is 2.42. The third kappa shape index (κ3) is 3.23. The first-order valence-electron chi connectivity index (χ1n) is 7.88. The van der Waals surface area contributed by atoms with Crippen LogP contribution in [0.5, 0.6) is 0 Å². The van der Waals surface area contributed by atoms with Gasteiger partial charge in [-0.15, -0.1) is 0 Å². The average molecular weight is 348 g/mol. The van der Waals surface area contributed by atoms with Crippen LogP contribution in [0.1, 0.15) is 5.56 Å². The summed E-state index contributed by atoms with van der Waals surface area (Å²) in [5.41, 5.74) is 2.47. The predicted molar refractivity (Wildman–Crippen MR) is 104 cm³/mol. The van der Waals surface area contributed by atoms with Crippen molar-refractivity contribution in [1.82, 2.24) is 4.98 Å². The Labute approximate surface area is 150 Å². The number of rotatable bonds is 4.